The summed E-state index contributed by atoms with van der Waals surface area (Å²) < 4.78 is 26.8. The molecule has 0 aliphatic heterocycles. The first-order valence-electron chi connectivity index (χ1n) is 5.79. The summed E-state index contributed by atoms with van der Waals surface area (Å²) in [6, 6.07) is 13.0. The molecule has 6 nitrogen and oxygen atoms in total. The molecule has 0 saturated carbocycles. The summed E-state index contributed by atoms with van der Waals surface area (Å²) in [5.41, 5.74) is 0.0887. The molecule has 2 rings (SSSR count). The Morgan fingerprint density at radius 2 is 1.86 bits per heavy atom. The second-order valence-corrected chi connectivity index (χ2v) is 5.75. The Morgan fingerprint density at radius 1 is 1.14 bits per heavy atom. The molecular weight excluding hydrogens is 292 g/mol. The van der Waals surface area contributed by atoms with Gasteiger partial charge < -0.3 is 5.11 Å². The van der Waals surface area contributed by atoms with Gasteiger partial charge in [-0.1, -0.05) is 18.2 Å². The lowest BCUT2D eigenvalue weighted by Crippen LogP contribution is -2.14. The molecule has 2 aromatic rings. The van der Waals surface area contributed by atoms with Crippen molar-refractivity contribution in [3.8, 4) is 6.07 Å². The molecule has 0 bridgehead atoms. The number of hydrogen-bond donors (Lipinski definition) is 2. The standard InChI is InChI=1S/C14H10N2O4S/c15-9-11-4-1-2-7-13(11)21(19,20)16-12-6-3-5-10(8-12)14(17)18/h1-8,16H,(H,17,18). The van der Waals surface area contributed by atoms with Gasteiger partial charge in [-0.25, -0.2) is 13.2 Å². The zero-order valence-corrected chi connectivity index (χ0v) is 11.5. The van der Waals surface area contributed by atoms with Gasteiger partial charge in [-0.15, -0.1) is 0 Å². The van der Waals surface area contributed by atoms with Gasteiger partial charge in [-0.05, 0) is 30.3 Å². The topological polar surface area (TPSA) is 107 Å². The van der Waals surface area contributed by atoms with E-state index in [4.69, 9.17) is 10.4 Å². The van der Waals surface area contributed by atoms with Crippen molar-refractivity contribution in [3.63, 3.8) is 0 Å². The van der Waals surface area contributed by atoms with Crippen molar-refractivity contribution in [2.24, 2.45) is 0 Å². The average Bonchev–Trinajstić information content (AvgIpc) is 2.47. The van der Waals surface area contributed by atoms with Gasteiger partial charge in [0.1, 0.15) is 11.0 Å². The van der Waals surface area contributed by atoms with Crippen molar-refractivity contribution in [1.29, 1.82) is 5.26 Å². The lowest BCUT2D eigenvalue weighted by molar-refractivity contribution is 0.0697. The maximum absolute atomic E-state index is 12.3. The van der Waals surface area contributed by atoms with Crippen LogP contribution in [0, 0.1) is 11.3 Å². The minimum atomic E-state index is -3.96. The van der Waals surface area contributed by atoms with Crippen LogP contribution in [0.15, 0.2) is 53.4 Å². The van der Waals surface area contributed by atoms with E-state index in [0.29, 0.717) is 0 Å². The van der Waals surface area contributed by atoms with Crippen LogP contribution in [-0.2, 0) is 10.0 Å². The largest absolute Gasteiger partial charge is 0.478 e. The van der Waals surface area contributed by atoms with E-state index in [9.17, 15) is 13.2 Å². The molecule has 0 aliphatic carbocycles. The number of aromatic carboxylic acids is 1. The number of nitriles is 1. The molecule has 0 radical (unpaired) electrons. The maximum Gasteiger partial charge on any atom is 0.335 e. The average molecular weight is 302 g/mol. The predicted octanol–water partition coefficient (Wildman–Crippen LogP) is 2.06. The van der Waals surface area contributed by atoms with E-state index < -0.39 is 16.0 Å². The number of carboxylic acid groups (broad SMARTS) is 1. The van der Waals surface area contributed by atoms with Crippen LogP contribution in [0.25, 0.3) is 0 Å². The first-order valence-corrected chi connectivity index (χ1v) is 7.27. The first-order chi connectivity index (χ1) is 9.94. The fourth-order valence-electron chi connectivity index (χ4n) is 1.72. The number of rotatable bonds is 4. The Labute approximate surface area is 121 Å². The lowest BCUT2D eigenvalue weighted by atomic mass is 10.2. The molecule has 7 heteroatoms. The molecule has 106 valence electrons. The number of sulfonamides is 1. The van der Waals surface area contributed by atoms with Crippen molar-refractivity contribution < 1.29 is 18.3 Å². The fraction of sp³-hybridized carbons (Fsp3) is 0. The molecule has 0 spiro atoms. The van der Waals surface area contributed by atoms with Crippen LogP contribution in [0.3, 0.4) is 0 Å². The van der Waals surface area contributed by atoms with Crippen molar-refractivity contribution in [2.45, 2.75) is 4.90 Å². The molecular formula is C14H10N2O4S. The molecule has 0 unspecified atom stereocenters. The minimum absolute atomic E-state index is 0.0133. The van der Waals surface area contributed by atoms with Crippen molar-refractivity contribution in [3.05, 3.63) is 59.7 Å². The highest BCUT2D eigenvalue weighted by molar-refractivity contribution is 7.92. The zero-order valence-electron chi connectivity index (χ0n) is 10.6. The molecule has 0 amide bonds. The van der Waals surface area contributed by atoms with E-state index in [2.05, 4.69) is 4.72 Å². The van der Waals surface area contributed by atoms with Crippen molar-refractivity contribution in [2.75, 3.05) is 4.72 Å². The Bertz CT molecular complexity index is 838. The van der Waals surface area contributed by atoms with E-state index in [-0.39, 0.29) is 21.7 Å². The van der Waals surface area contributed by atoms with E-state index >= 15 is 0 Å². The third kappa shape index (κ3) is 3.19. The quantitative estimate of drug-likeness (QED) is 0.898. The minimum Gasteiger partial charge on any atom is -0.478 e. The van der Waals surface area contributed by atoms with Crippen LogP contribution >= 0.6 is 0 Å². The monoisotopic (exact) mass is 302 g/mol. The molecule has 2 aromatic carbocycles. The third-order valence-corrected chi connectivity index (χ3v) is 4.10. The van der Waals surface area contributed by atoms with Gasteiger partial charge in [-0.2, -0.15) is 5.26 Å². The van der Waals surface area contributed by atoms with E-state index in [1.807, 2.05) is 0 Å². The van der Waals surface area contributed by atoms with Gasteiger partial charge in [0, 0.05) is 5.69 Å². The molecule has 0 fully saturated rings. The summed E-state index contributed by atoms with van der Waals surface area (Å²) in [5.74, 6) is -1.16. The summed E-state index contributed by atoms with van der Waals surface area (Å²) in [7, 11) is -3.96. The highest BCUT2D eigenvalue weighted by Crippen LogP contribution is 2.19. The first kappa shape index (κ1) is 14.6. The Kier molecular flexibility index (Phi) is 3.91. The van der Waals surface area contributed by atoms with Crippen LogP contribution in [0.4, 0.5) is 5.69 Å². The molecule has 2 N–H and O–H groups in total. The van der Waals surface area contributed by atoms with E-state index in [0.717, 1.165) is 0 Å². The van der Waals surface area contributed by atoms with Gasteiger partial charge >= 0.3 is 5.97 Å². The maximum atomic E-state index is 12.3. The van der Waals surface area contributed by atoms with Gasteiger partial charge in [0.15, 0.2) is 0 Å². The molecule has 0 aromatic heterocycles. The van der Waals surface area contributed by atoms with Gasteiger partial charge in [0.2, 0.25) is 0 Å². The van der Waals surface area contributed by atoms with Crippen LogP contribution in [0.5, 0.6) is 0 Å². The second-order valence-electron chi connectivity index (χ2n) is 4.10. The Balaban J connectivity index is 2.41. The molecule has 0 saturated heterocycles. The number of benzene rings is 2. The van der Waals surface area contributed by atoms with Crippen LogP contribution in [-0.4, -0.2) is 19.5 Å². The van der Waals surface area contributed by atoms with Crippen LogP contribution < -0.4 is 4.72 Å². The second kappa shape index (κ2) is 5.64. The number of carbonyl (C=O) groups is 1. The number of nitrogens with zero attached hydrogens (tertiary/aromatic N) is 1. The van der Waals surface area contributed by atoms with Crippen molar-refractivity contribution >= 4 is 21.7 Å². The van der Waals surface area contributed by atoms with Crippen LogP contribution in [0.1, 0.15) is 15.9 Å². The van der Waals surface area contributed by atoms with Gasteiger partial charge in [-0.3, -0.25) is 4.72 Å². The molecule has 21 heavy (non-hydrogen) atoms. The smallest absolute Gasteiger partial charge is 0.335 e. The van der Waals surface area contributed by atoms with Gasteiger partial charge in [0.05, 0.1) is 11.1 Å². The SMILES string of the molecule is N#Cc1ccccc1S(=O)(=O)Nc1cccc(C(=O)O)c1. The third-order valence-electron chi connectivity index (χ3n) is 2.66. The zero-order chi connectivity index (χ0) is 15.5. The number of carboxylic acids is 1. The van der Waals surface area contributed by atoms with Crippen molar-refractivity contribution in [1.82, 2.24) is 0 Å². The summed E-state index contributed by atoms with van der Waals surface area (Å²) in [6.45, 7) is 0. The summed E-state index contributed by atoms with van der Waals surface area (Å²) in [6.07, 6.45) is 0. The highest BCUT2D eigenvalue weighted by atomic mass is 32.2. The highest BCUT2D eigenvalue weighted by Gasteiger charge is 2.18. The number of anilines is 1. The Morgan fingerprint density at radius 3 is 2.52 bits per heavy atom. The Hall–Kier alpha value is -2.85. The summed E-state index contributed by atoms with van der Waals surface area (Å²) >= 11 is 0. The molecule has 0 atom stereocenters. The summed E-state index contributed by atoms with van der Waals surface area (Å²) in [5, 5.41) is 17.8. The van der Waals surface area contributed by atoms with Gasteiger partial charge in [0.25, 0.3) is 10.0 Å². The molecule has 0 heterocycles. The lowest BCUT2D eigenvalue weighted by Gasteiger charge is -2.09. The number of hydrogen-bond acceptors (Lipinski definition) is 4. The summed E-state index contributed by atoms with van der Waals surface area (Å²) in [4.78, 5) is 10.7. The molecule has 0 aliphatic rings. The number of nitrogens with one attached hydrogen (secondary N) is 1. The predicted molar refractivity (Wildman–Crippen MR) is 75.4 cm³/mol. The van der Waals surface area contributed by atoms with E-state index in [1.54, 1.807) is 12.1 Å². The normalized spacial score (nSPS) is 10.6. The fourth-order valence-corrected chi connectivity index (χ4v) is 2.93. The van der Waals surface area contributed by atoms with Crippen LogP contribution in [0.2, 0.25) is 0 Å². The van der Waals surface area contributed by atoms with E-state index in [1.165, 1.54) is 42.5 Å².